The van der Waals surface area contributed by atoms with Gasteiger partial charge in [0.25, 0.3) is 5.56 Å². The van der Waals surface area contributed by atoms with Crippen LogP contribution in [0.3, 0.4) is 0 Å². The molecule has 0 aliphatic rings. The van der Waals surface area contributed by atoms with Gasteiger partial charge in [-0.2, -0.15) is 0 Å². The van der Waals surface area contributed by atoms with E-state index in [2.05, 4.69) is 5.10 Å². The molecule has 1 N–H and O–H groups in total. The molecule has 0 radical (unpaired) electrons. The first-order valence-electron chi connectivity index (χ1n) is 3.00. The van der Waals surface area contributed by atoms with Crippen molar-refractivity contribution in [3.8, 4) is 0 Å². The first kappa shape index (κ1) is 6.13. The van der Waals surface area contributed by atoms with Gasteiger partial charge in [-0.25, -0.2) is 0 Å². The summed E-state index contributed by atoms with van der Waals surface area (Å²) in [6, 6.07) is 0. The van der Waals surface area contributed by atoms with Crippen molar-refractivity contribution in [1.29, 1.82) is 0 Å². The average molecular weight is 126 g/mol. The van der Waals surface area contributed by atoms with Crippen LogP contribution in [-0.4, -0.2) is 9.78 Å². The molecule has 0 aliphatic carbocycles. The zero-order valence-electron chi connectivity index (χ0n) is 5.64. The van der Waals surface area contributed by atoms with Gasteiger partial charge in [0.1, 0.15) is 0 Å². The van der Waals surface area contributed by atoms with E-state index in [0.717, 1.165) is 5.56 Å². The van der Waals surface area contributed by atoms with Gasteiger partial charge in [0, 0.05) is 18.3 Å². The predicted molar refractivity (Wildman–Crippen MR) is 35.5 cm³/mol. The summed E-state index contributed by atoms with van der Waals surface area (Å²) in [6.45, 7) is 4.44. The molecule has 0 bridgehead atoms. The summed E-state index contributed by atoms with van der Waals surface area (Å²) in [7, 11) is 0. The van der Waals surface area contributed by atoms with Crippen LogP contribution in [0.25, 0.3) is 0 Å². The van der Waals surface area contributed by atoms with Crippen molar-refractivity contribution in [2.75, 3.05) is 0 Å². The maximum absolute atomic E-state index is 10.9. The molecule has 50 valence electrons. The van der Waals surface area contributed by atoms with Gasteiger partial charge >= 0.3 is 0 Å². The van der Waals surface area contributed by atoms with E-state index in [1.165, 1.54) is 0 Å². The van der Waals surface area contributed by atoms with E-state index in [9.17, 15) is 4.79 Å². The monoisotopic (exact) mass is 126 g/mol. The fourth-order valence-corrected chi connectivity index (χ4v) is 0.743. The lowest BCUT2D eigenvalue weighted by Gasteiger charge is -1.89. The van der Waals surface area contributed by atoms with Crippen LogP contribution in [0.15, 0.2) is 11.0 Å². The van der Waals surface area contributed by atoms with Crippen molar-refractivity contribution in [2.24, 2.45) is 0 Å². The van der Waals surface area contributed by atoms with Gasteiger partial charge in [0.15, 0.2) is 0 Å². The van der Waals surface area contributed by atoms with Crippen molar-refractivity contribution in [3.63, 3.8) is 0 Å². The molecule has 0 saturated carbocycles. The summed E-state index contributed by atoms with van der Waals surface area (Å²) in [4.78, 5) is 10.9. The van der Waals surface area contributed by atoms with Gasteiger partial charge in [-0.3, -0.25) is 9.48 Å². The lowest BCUT2D eigenvalue weighted by atomic mass is 10.4. The molecule has 0 aromatic carbocycles. The van der Waals surface area contributed by atoms with Crippen LogP contribution in [0.4, 0.5) is 0 Å². The Morgan fingerprint density at radius 1 is 1.78 bits per heavy atom. The normalized spacial score (nSPS) is 10.0. The molecule has 0 atom stereocenters. The van der Waals surface area contributed by atoms with E-state index in [1.54, 1.807) is 17.8 Å². The number of aryl methyl sites for hydroxylation is 2. The zero-order valence-corrected chi connectivity index (χ0v) is 5.64. The molecular weight excluding hydrogens is 116 g/mol. The Labute approximate surface area is 53.3 Å². The Bertz CT molecular complexity index is 246. The highest BCUT2D eigenvalue weighted by Crippen LogP contribution is 1.82. The quantitative estimate of drug-likeness (QED) is 0.584. The molecule has 0 saturated heterocycles. The van der Waals surface area contributed by atoms with Crippen LogP contribution in [0.2, 0.25) is 0 Å². The molecule has 0 unspecified atom stereocenters. The summed E-state index contributed by atoms with van der Waals surface area (Å²) >= 11 is 0. The van der Waals surface area contributed by atoms with Crippen LogP contribution in [0, 0.1) is 6.92 Å². The zero-order chi connectivity index (χ0) is 6.85. The minimum atomic E-state index is 0.0810. The van der Waals surface area contributed by atoms with E-state index >= 15 is 0 Å². The highest BCUT2D eigenvalue weighted by Gasteiger charge is 1.95. The third-order valence-corrected chi connectivity index (χ3v) is 1.34. The maximum atomic E-state index is 10.9. The van der Waals surface area contributed by atoms with Crippen LogP contribution in [-0.2, 0) is 6.54 Å². The highest BCUT2D eigenvalue weighted by atomic mass is 16.1. The second-order valence-electron chi connectivity index (χ2n) is 2.01. The Morgan fingerprint density at radius 2 is 2.44 bits per heavy atom. The molecule has 1 aromatic heterocycles. The van der Waals surface area contributed by atoms with Gasteiger partial charge in [0.05, 0.1) is 0 Å². The fourth-order valence-electron chi connectivity index (χ4n) is 0.743. The van der Waals surface area contributed by atoms with Crippen molar-refractivity contribution < 1.29 is 0 Å². The van der Waals surface area contributed by atoms with Gasteiger partial charge in [-0.15, -0.1) is 0 Å². The summed E-state index contributed by atoms with van der Waals surface area (Å²) in [6.07, 6.45) is 1.71. The number of H-pyrrole nitrogens is 1. The fraction of sp³-hybridized carbons (Fsp3) is 0.500. The van der Waals surface area contributed by atoms with Gasteiger partial charge in [-0.1, -0.05) is 0 Å². The number of hydrogen-bond acceptors (Lipinski definition) is 1. The van der Waals surface area contributed by atoms with Gasteiger partial charge < -0.3 is 5.10 Å². The standard InChI is InChI=1S/C6H10N2O/c1-3-8-6(9)5(2)4-7-8/h4,7H,3H2,1-2H3. The minimum absolute atomic E-state index is 0.0810. The number of nitrogens with one attached hydrogen (secondary N) is 1. The maximum Gasteiger partial charge on any atom is 0.269 e. The van der Waals surface area contributed by atoms with Crippen molar-refractivity contribution in [2.45, 2.75) is 20.4 Å². The first-order chi connectivity index (χ1) is 4.25. The number of hydrogen-bond donors (Lipinski definition) is 1. The molecule has 0 aliphatic heterocycles. The first-order valence-corrected chi connectivity index (χ1v) is 3.00. The Kier molecular flexibility index (Phi) is 1.42. The van der Waals surface area contributed by atoms with Crippen LogP contribution < -0.4 is 5.56 Å². The predicted octanol–water partition coefficient (Wildman–Crippen LogP) is 0.505. The van der Waals surface area contributed by atoms with Crippen molar-refractivity contribution in [3.05, 3.63) is 22.1 Å². The number of aromatic nitrogens is 2. The third-order valence-electron chi connectivity index (χ3n) is 1.34. The molecule has 0 amide bonds. The van der Waals surface area contributed by atoms with E-state index in [4.69, 9.17) is 0 Å². The molecule has 0 spiro atoms. The molecule has 0 fully saturated rings. The van der Waals surface area contributed by atoms with Gasteiger partial charge in [0.2, 0.25) is 0 Å². The van der Waals surface area contributed by atoms with Crippen molar-refractivity contribution >= 4 is 0 Å². The second kappa shape index (κ2) is 2.09. The van der Waals surface area contributed by atoms with Crippen molar-refractivity contribution in [1.82, 2.24) is 9.78 Å². The molecule has 1 heterocycles. The van der Waals surface area contributed by atoms with E-state index in [0.29, 0.717) is 6.54 Å². The van der Waals surface area contributed by atoms with Crippen LogP contribution in [0.5, 0.6) is 0 Å². The summed E-state index contributed by atoms with van der Waals surface area (Å²) < 4.78 is 1.56. The van der Waals surface area contributed by atoms with Crippen LogP contribution >= 0.6 is 0 Å². The summed E-state index contributed by atoms with van der Waals surface area (Å²) in [5, 5.41) is 2.83. The molecule has 3 heteroatoms. The smallest absolute Gasteiger partial charge is 0.269 e. The second-order valence-corrected chi connectivity index (χ2v) is 2.01. The number of nitrogens with zero attached hydrogens (tertiary/aromatic N) is 1. The average Bonchev–Trinajstić information content (AvgIpc) is 2.15. The summed E-state index contributed by atoms with van der Waals surface area (Å²) in [5.74, 6) is 0. The Morgan fingerprint density at radius 3 is 2.67 bits per heavy atom. The largest absolute Gasteiger partial charge is 0.303 e. The SMILES string of the molecule is CCn1[nH]cc(C)c1=O. The lowest BCUT2D eigenvalue weighted by molar-refractivity contribution is 0.637. The number of aromatic amines is 1. The van der Waals surface area contributed by atoms with E-state index in [1.807, 2.05) is 6.92 Å². The third kappa shape index (κ3) is 0.896. The molecule has 9 heavy (non-hydrogen) atoms. The molecule has 1 aromatic rings. The van der Waals surface area contributed by atoms with E-state index in [-0.39, 0.29) is 5.56 Å². The molecule has 3 nitrogen and oxygen atoms in total. The summed E-state index contributed by atoms with van der Waals surface area (Å²) in [5.41, 5.74) is 0.856. The highest BCUT2D eigenvalue weighted by molar-refractivity contribution is 5.00. The Hall–Kier alpha value is -0.990. The molecule has 1 rings (SSSR count). The minimum Gasteiger partial charge on any atom is -0.303 e. The van der Waals surface area contributed by atoms with Gasteiger partial charge in [-0.05, 0) is 13.8 Å². The topological polar surface area (TPSA) is 37.8 Å². The molecular formula is C6H10N2O. The number of rotatable bonds is 1. The lowest BCUT2D eigenvalue weighted by Crippen LogP contribution is -2.16. The Balaban J connectivity index is 3.20. The van der Waals surface area contributed by atoms with E-state index < -0.39 is 0 Å². The van der Waals surface area contributed by atoms with Crippen LogP contribution in [0.1, 0.15) is 12.5 Å².